The van der Waals surface area contributed by atoms with Gasteiger partial charge in [0.2, 0.25) is 0 Å². The third-order valence-corrected chi connectivity index (χ3v) is 2.66. The van der Waals surface area contributed by atoms with Crippen LogP contribution in [-0.4, -0.2) is 15.0 Å². The molecule has 0 aromatic carbocycles. The summed E-state index contributed by atoms with van der Waals surface area (Å²) in [6.45, 7) is 0. The van der Waals surface area contributed by atoms with Crippen LogP contribution in [0.4, 0.5) is 0 Å². The Hall–Kier alpha value is -2.04. The van der Waals surface area contributed by atoms with Crippen molar-refractivity contribution in [3.05, 3.63) is 40.7 Å². The van der Waals surface area contributed by atoms with Crippen molar-refractivity contribution in [3.8, 4) is 0 Å². The number of hydrogen-bond acceptors (Lipinski definition) is 3. The molecular formula is C10H10N4O. The van der Waals surface area contributed by atoms with E-state index in [0.29, 0.717) is 5.52 Å². The topological polar surface area (TPSA) is 73.6 Å². The molecule has 0 aliphatic carbocycles. The molecule has 3 N–H and O–H groups in total. The number of hydrogen-bond donors (Lipinski definition) is 3. The van der Waals surface area contributed by atoms with Crippen molar-refractivity contribution in [1.82, 2.24) is 20.3 Å². The number of fused-ring (bicyclic) bond motifs is 1. The molecule has 0 radical (unpaired) electrons. The van der Waals surface area contributed by atoms with Crippen LogP contribution in [0.5, 0.6) is 0 Å². The molecule has 5 heteroatoms. The molecule has 5 nitrogen and oxygen atoms in total. The highest BCUT2D eigenvalue weighted by Gasteiger charge is 2.17. The lowest BCUT2D eigenvalue weighted by molar-refractivity contribution is 0.677. The molecule has 2 aromatic rings. The van der Waals surface area contributed by atoms with E-state index >= 15 is 0 Å². The monoisotopic (exact) mass is 202 g/mol. The second-order valence-corrected chi connectivity index (χ2v) is 3.56. The van der Waals surface area contributed by atoms with E-state index in [0.717, 1.165) is 17.5 Å². The molecular weight excluding hydrogens is 192 g/mol. The maximum absolute atomic E-state index is 11.4. The summed E-state index contributed by atoms with van der Waals surface area (Å²) in [6, 6.07) is 0.230. The number of rotatable bonds is 1. The Morgan fingerprint density at radius 1 is 1.40 bits per heavy atom. The summed E-state index contributed by atoms with van der Waals surface area (Å²) in [6.07, 6.45) is 8.21. The van der Waals surface area contributed by atoms with Crippen molar-refractivity contribution in [2.45, 2.75) is 12.5 Å². The van der Waals surface area contributed by atoms with Crippen LogP contribution < -0.4 is 10.9 Å². The molecule has 3 rings (SSSR count). The van der Waals surface area contributed by atoms with Crippen molar-refractivity contribution in [2.24, 2.45) is 0 Å². The summed E-state index contributed by atoms with van der Waals surface area (Å²) in [5, 5.41) is 3.22. The number of aromatic amines is 2. The third kappa shape index (κ3) is 1.16. The minimum Gasteiger partial charge on any atom is -0.384 e. The fraction of sp³-hybridized carbons (Fsp3) is 0.200. The highest BCUT2D eigenvalue weighted by Crippen LogP contribution is 2.25. The van der Waals surface area contributed by atoms with Gasteiger partial charge < -0.3 is 15.3 Å². The Kier molecular flexibility index (Phi) is 1.65. The Labute approximate surface area is 85.2 Å². The van der Waals surface area contributed by atoms with E-state index in [1.165, 1.54) is 6.33 Å². The lowest BCUT2D eigenvalue weighted by atomic mass is 10.1. The van der Waals surface area contributed by atoms with Crippen LogP contribution in [-0.2, 0) is 0 Å². The first-order chi connectivity index (χ1) is 7.36. The van der Waals surface area contributed by atoms with E-state index < -0.39 is 0 Å². The first-order valence-electron chi connectivity index (χ1n) is 4.82. The molecule has 0 unspecified atom stereocenters. The van der Waals surface area contributed by atoms with Crippen LogP contribution in [0.3, 0.4) is 0 Å². The van der Waals surface area contributed by atoms with E-state index in [2.05, 4.69) is 26.3 Å². The van der Waals surface area contributed by atoms with Gasteiger partial charge in [-0.05, 0) is 12.6 Å². The van der Waals surface area contributed by atoms with Gasteiger partial charge in [0.1, 0.15) is 11.0 Å². The average Bonchev–Trinajstić information content (AvgIpc) is 2.85. The highest BCUT2D eigenvalue weighted by atomic mass is 16.1. The summed E-state index contributed by atoms with van der Waals surface area (Å²) in [4.78, 5) is 21.1. The summed E-state index contributed by atoms with van der Waals surface area (Å²) < 4.78 is 0. The van der Waals surface area contributed by atoms with Gasteiger partial charge in [0.05, 0.1) is 12.4 Å². The molecule has 1 aliphatic heterocycles. The van der Waals surface area contributed by atoms with Crippen LogP contribution in [0.15, 0.2) is 29.6 Å². The Balaban J connectivity index is 2.20. The van der Waals surface area contributed by atoms with Gasteiger partial charge in [0, 0.05) is 11.8 Å². The Bertz CT molecular complexity index is 572. The van der Waals surface area contributed by atoms with E-state index in [9.17, 15) is 4.79 Å². The van der Waals surface area contributed by atoms with Gasteiger partial charge in [-0.25, -0.2) is 4.98 Å². The summed E-state index contributed by atoms with van der Waals surface area (Å²) in [5.41, 5.74) is 2.21. The van der Waals surface area contributed by atoms with Gasteiger partial charge in [0.25, 0.3) is 5.56 Å². The number of H-pyrrole nitrogens is 2. The van der Waals surface area contributed by atoms with Gasteiger partial charge >= 0.3 is 0 Å². The molecule has 15 heavy (non-hydrogen) atoms. The SMILES string of the molecule is O=c1[nH]cnc2c([C@H]3CC=CN3)c[nH]c12. The van der Waals surface area contributed by atoms with Gasteiger partial charge in [-0.3, -0.25) is 4.79 Å². The van der Waals surface area contributed by atoms with Crippen LogP contribution >= 0.6 is 0 Å². The first kappa shape index (κ1) is 8.28. The smallest absolute Gasteiger partial charge is 0.275 e. The van der Waals surface area contributed by atoms with E-state index in [1.807, 2.05) is 12.4 Å². The van der Waals surface area contributed by atoms with Crippen molar-refractivity contribution in [2.75, 3.05) is 0 Å². The van der Waals surface area contributed by atoms with E-state index in [-0.39, 0.29) is 11.6 Å². The van der Waals surface area contributed by atoms with Gasteiger partial charge in [-0.1, -0.05) is 6.08 Å². The molecule has 1 atom stereocenters. The Morgan fingerprint density at radius 3 is 3.13 bits per heavy atom. The molecule has 0 amide bonds. The largest absolute Gasteiger partial charge is 0.384 e. The van der Waals surface area contributed by atoms with Crippen molar-refractivity contribution >= 4 is 11.0 Å². The molecule has 0 saturated heterocycles. The van der Waals surface area contributed by atoms with Crippen LogP contribution in [0.2, 0.25) is 0 Å². The minimum absolute atomic E-state index is 0.128. The predicted molar refractivity (Wildman–Crippen MR) is 56.3 cm³/mol. The molecule has 0 fully saturated rings. The zero-order valence-corrected chi connectivity index (χ0v) is 7.95. The molecule has 1 aliphatic rings. The second kappa shape index (κ2) is 2.98. The molecule has 0 spiro atoms. The standard InChI is InChI=1S/C10H10N4O/c15-10-9-8(13-5-14-10)6(4-12-9)7-2-1-3-11-7/h1,3-5,7,11-12H,2H2,(H,13,14,15)/t7-/m1/s1. The zero-order valence-electron chi connectivity index (χ0n) is 7.95. The molecule has 2 aromatic heterocycles. The summed E-state index contributed by atoms with van der Waals surface area (Å²) in [5.74, 6) is 0. The van der Waals surface area contributed by atoms with E-state index in [1.54, 1.807) is 0 Å². The first-order valence-corrected chi connectivity index (χ1v) is 4.82. The number of nitrogens with one attached hydrogen (secondary N) is 3. The number of aromatic nitrogens is 3. The molecule has 0 bridgehead atoms. The lowest BCUT2D eigenvalue weighted by Gasteiger charge is -2.08. The van der Waals surface area contributed by atoms with Gasteiger partial charge in [-0.2, -0.15) is 0 Å². The zero-order chi connectivity index (χ0) is 10.3. The fourth-order valence-corrected chi connectivity index (χ4v) is 1.91. The van der Waals surface area contributed by atoms with Crippen molar-refractivity contribution in [1.29, 1.82) is 0 Å². The minimum atomic E-state index is -0.128. The molecule has 76 valence electrons. The molecule has 3 heterocycles. The van der Waals surface area contributed by atoms with Crippen LogP contribution in [0.1, 0.15) is 18.0 Å². The quantitative estimate of drug-likeness (QED) is 0.640. The number of nitrogens with zero attached hydrogens (tertiary/aromatic N) is 1. The van der Waals surface area contributed by atoms with Gasteiger partial charge in [0.15, 0.2) is 0 Å². The lowest BCUT2D eigenvalue weighted by Crippen LogP contribution is -2.10. The van der Waals surface area contributed by atoms with Gasteiger partial charge in [-0.15, -0.1) is 0 Å². The fourth-order valence-electron chi connectivity index (χ4n) is 1.91. The van der Waals surface area contributed by atoms with Crippen molar-refractivity contribution < 1.29 is 0 Å². The Morgan fingerprint density at radius 2 is 2.33 bits per heavy atom. The second-order valence-electron chi connectivity index (χ2n) is 3.56. The van der Waals surface area contributed by atoms with Crippen molar-refractivity contribution in [3.63, 3.8) is 0 Å². The maximum Gasteiger partial charge on any atom is 0.275 e. The van der Waals surface area contributed by atoms with Crippen LogP contribution in [0.25, 0.3) is 11.0 Å². The third-order valence-electron chi connectivity index (χ3n) is 2.66. The van der Waals surface area contributed by atoms with E-state index in [4.69, 9.17) is 0 Å². The highest BCUT2D eigenvalue weighted by molar-refractivity contribution is 5.78. The predicted octanol–water partition coefficient (Wildman–Crippen LogP) is 0.799. The van der Waals surface area contributed by atoms with Crippen LogP contribution in [0, 0.1) is 0 Å². The maximum atomic E-state index is 11.4. The average molecular weight is 202 g/mol. The molecule has 0 saturated carbocycles. The summed E-state index contributed by atoms with van der Waals surface area (Å²) >= 11 is 0. The normalized spacial score (nSPS) is 19.6. The summed E-state index contributed by atoms with van der Waals surface area (Å²) in [7, 11) is 0.